The van der Waals surface area contributed by atoms with Gasteiger partial charge in [0.2, 0.25) is 0 Å². The zero-order valence-electron chi connectivity index (χ0n) is 11.3. The molecule has 2 aromatic carbocycles. The van der Waals surface area contributed by atoms with Crippen LogP contribution in [0.1, 0.15) is 5.56 Å². The summed E-state index contributed by atoms with van der Waals surface area (Å²) in [6, 6.07) is 18.0. The second kappa shape index (κ2) is 7.56. The van der Waals surface area contributed by atoms with Gasteiger partial charge in [0.25, 0.3) is 0 Å². The van der Waals surface area contributed by atoms with Crippen molar-refractivity contribution in [3.05, 3.63) is 60.2 Å². The highest BCUT2D eigenvalue weighted by Crippen LogP contribution is 2.15. The highest BCUT2D eigenvalue weighted by Gasteiger charge is 2.04. The maximum absolute atomic E-state index is 11.6. The van der Waals surface area contributed by atoms with Crippen molar-refractivity contribution in [3.8, 4) is 11.8 Å². The summed E-state index contributed by atoms with van der Waals surface area (Å²) in [6.45, 7) is 0.210. The van der Waals surface area contributed by atoms with E-state index in [0.29, 0.717) is 11.4 Å². The maximum Gasteiger partial charge on any atom is 0.411 e. The average Bonchev–Trinajstić information content (AvgIpc) is 2.53. The lowest BCUT2D eigenvalue weighted by atomic mass is 10.2. The zero-order chi connectivity index (χ0) is 14.9. The van der Waals surface area contributed by atoms with E-state index in [-0.39, 0.29) is 13.2 Å². The fourth-order valence-electron chi connectivity index (χ4n) is 1.63. The molecule has 0 fully saturated rings. The Bertz CT molecular complexity index is 618. The standard InChI is InChI=1S/C16H14N2O3/c17-10-11-20-15-8-6-14(7-9-15)18-16(19)21-12-13-4-2-1-3-5-13/h1-9H,11-12H2,(H,18,19). The first kappa shape index (κ1) is 14.4. The van der Waals surface area contributed by atoms with Crippen molar-refractivity contribution >= 4 is 11.8 Å². The maximum atomic E-state index is 11.6. The third-order valence-electron chi connectivity index (χ3n) is 2.62. The van der Waals surface area contributed by atoms with Gasteiger partial charge in [-0.05, 0) is 29.8 Å². The molecule has 0 aromatic heterocycles. The molecule has 0 saturated heterocycles. The summed E-state index contributed by atoms with van der Waals surface area (Å²) in [6.07, 6.45) is -0.524. The molecule has 0 aliphatic carbocycles. The molecule has 5 nitrogen and oxygen atoms in total. The fraction of sp³-hybridized carbons (Fsp3) is 0.125. The van der Waals surface area contributed by atoms with Crippen LogP contribution in [0.4, 0.5) is 10.5 Å². The number of anilines is 1. The van der Waals surface area contributed by atoms with Crippen molar-refractivity contribution in [2.45, 2.75) is 6.61 Å². The van der Waals surface area contributed by atoms with Gasteiger partial charge in [0.1, 0.15) is 18.4 Å². The fourth-order valence-corrected chi connectivity index (χ4v) is 1.63. The van der Waals surface area contributed by atoms with Crippen molar-refractivity contribution in [1.82, 2.24) is 0 Å². The molecule has 0 heterocycles. The van der Waals surface area contributed by atoms with Crippen LogP contribution in [0, 0.1) is 11.3 Å². The van der Waals surface area contributed by atoms with Gasteiger partial charge >= 0.3 is 6.09 Å². The van der Waals surface area contributed by atoms with E-state index in [1.165, 1.54) is 0 Å². The van der Waals surface area contributed by atoms with Gasteiger partial charge in [-0.2, -0.15) is 5.26 Å². The highest BCUT2D eigenvalue weighted by atomic mass is 16.5. The van der Waals surface area contributed by atoms with E-state index in [9.17, 15) is 4.79 Å². The largest absolute Gasteiger partial charge is 0.479 e. The number of carbonyl (C=O) groups excluding carboxylic acids is 1. The quantitative estimate of drug-likeness (QED) is 0.913. The molecule has 5 heteroatoms. The molecule has 2 rings (SSSR count). The van der Waals surface area contributed by atoms with Crippen LogP contribution in [0.2, 0.25) is 0 Å². The summed E-state index contributed by atoms with van der Waals surface area (Å²) in [7, 11) is 0. The van der Waals surface area contributed by atoms with E-state index in [1.54, 1.807) is 24.3 Å². The van der Waals surface area contributed by atoms with E-state index >= 15 is 0 Å². The number of nitrogens with one attached hydrogen (secondary N) is 1. The third-order valence-corrected chi connectivity index (χ3v) is 2.62. The first-order chi connectivity index (χ1) is 10.3. The lowest BCUT2D eigenvalue weighted by molar-refractivity contribution is 0.155. The Morgan fingerprint density at radius 3 is 2.48 bits per heavy atom. The van der Waals surface area contributed by atoms with Gasteiger partial charge in [-0.15, -0.1) is 0 Å². The summed E-state index contributed by atoms with van der Waals surface area (Å²) in [5.74, 6) is 0.569. The van der Waals surface area contributed by atoms with E-state index < -0.39 is 6.09 Å². The van der Waals surface area contributed by atoms with Crippen molar-refractivity contribution in [2.24, 2.45) is 0 Å². The molecule has 0 bridgehead atoms. The number of rotatable bonds is 5. The Kier molecular flexibility index (Phi) is 5.18. The second-order valence-electron chi connectivity index (χ2n) is 4.16. The molecule has 0 spiro atoms. The Balaban J connectivity index is 1.81. The summed E-state index contributed by atoms with van der Waals surface area (Å²) in [4.78, 5) is 11.6. The zero-order valence-corrected chi connectivity index (χ0v) is 11.3. The molecular formula is C16H14N2O3. The predicted octanol–water partition coefficient (Wildman–Crippen LogP) is 3.34. The van der Waals surface area contributed by atoms with Gasteiger partial charge in [-0.1, -0.05) is 30.3 Å². The number of benzene rings is 2. The van der Waals surface area contributed by atoms with Crippen LogP contribution in [0.15, 0.2) is 54.6 Å². The van der Waals surface area contributed by atoms with Gasteiger partial charge in [0, 0.05) is 5.69 Å². The Labute approximate surface area is 122 Å². The minimum Gasteiger partial charge on any atom is -0.479 e. The SMILES string of the molecule is N#CCOc1ccc(NC(=O)OCc2ccccc2)cc1. The van der Waals surface area contributed by atoms with Gasteiger partial charge in [-0.25, -0.2) is 4.79 Å². The molecule has 0 radical (unpaired) electrons. The third kappa shape index (κ3) is 4.88. The molecule has 1 amide bonds. The lowest BCUT2D eigenvalue weighted by Gasteiger charge is -2.08. The number of nitrogens with zero attached hydrogens (tertiary/aromatic N) is 1. The van der Waals surface area contributed by atoms with Gasteiger partial charge in [0.15, 0.2) is 6.61 Å². The summed E-state index contributed by atoms with van der Waals surface area (Å²) < 4.78 is 10.2. The molecule has 0 unspecified atom stereocenters. The Morgan fingerprint density at radius 1 is 1.10 bits per heavy atom. The van der Waals surface area contributed by atoms with Gasteiger partial charge in [0.05, 0.1) is 0 Å². The smallest absolute Gasteiger partial charge is 0.411 e. The summed E-state index contributed by atoms with van der Waals surface area (Å²) >= 11 is 0. The van der Waals surface area contributed by atoms with Crippen LogP contribution in [-0.2, 0) is 11.3 Å². The van der Waals surface area contributed by atoms with Crippen LogP contribution in [0.5, 0.6) is 5.75 Å². The average molecular weight is 282 g/mol. The topological polar surface area (TPSA) is 71.3 Å². The number of ether oxygens (including phenoxy) is 2. The molecule has 106 valence electrons. The molecule has 0 saturated carbocycles. The Hall–Kier alpha value is -3.00. The molecule has 21 heavy (non-hydrogen) atoms. The van der Waals surface area contributed by atoms with Crippen LogP contribution in [0.25, 0.3) is 0 Å². The van der Waals surface area contributed by atoms with Crippen molar-refractivity contribution in [1.29, 1.82) is 5.26 Å². The molecule has 0 aliphatic heterocycles. The van der Waals surface area contributed by atoms with Gasteiger partial charge in [-0.3, -0.25) is 5.32 Å². The van der Waals surface area contributed by atoms with Crippen LogP contribution >= 0.6 is 0 Å². The number of amides is 1. The molecule has 1 N–H and O–H groups in total. The molecular weight excluding hydrogens is 268 g/mol. The minimum atomic E-state index is -0.524. The number of carbonyl (C=O) groups is 1. The Morgan fingerprint density at radius 2 is 1.81 bits per heavy atom. The molecule has 2 aromatic rings. The van der Waals surface area contributed by atoms with Crippen LogP contribution < -0.4 is 10.1 Å². The monoisotopic (exact) mass is 282 g/mol. The van der Waals surface area contributed by atoms with Crippen LogP contribution in [0.3, 0.4) is 0 Å². The first-order valence-corrected chi connectivity index (χ1v) is 6.35. The van der Waals surface area contributed by atoms with Crippen LogP contribution in [-0.4, -0.2) is 12.7 Å². The van der Waals surface area contributed by atoms with Crippen molar-refractivity contribution in [2.75, 3.05) is 11.9 Å². The number of hydrogen-bond donors (Lipinski definition) is 1. The first-order valence-electron chi connectivity index (χ1n) is 6.35. The number of hydrogen-bond acceptors (Lipinski definition) is 4. The summed E-state index contributed by atoms with van der Waals surface area (Å²) in [5, 5.41) is 11.0. The molecule has 0 aliphatic rings. The lowest BCUT2D eigenvalue weighted by Crippen LogP contribution is -2.13. The van der Waals surface area contributed by atoms with E-state index in [1.807, 2.05) is 36.4 Å². The normalized spacial score (nSPS) is 9.48. The number of nitriles is 1. The second-order valence-corrected chi connectivity index (χ2v) is 4.16. The van der Waals surface area contributed by atoms with Crippen molar-refractivity contribution in [3.63, 3.8) is 0 Å². The molecule has 0 atom stereocenters. The van der Waals surface area contributed by atoms with E-state index in [4.69, 9.17) is 14.7 Å². The van der Waals surface area contributed by atoms with E-state index in [2.05, 4.69) is 5.32 Å². The highest BCUT2D eigenvalue weighted by molar-refractivity contribution is 5.84. The minimum absolute atomic E-state index is 0.00804. The summed E-state index contributed by atoms with van der Waals surface area (Å²) in [5.41, 5.74) is 1.52. The predicted molar refractivity (Wildman–Crippen MR) is 77.8 cm³/mol. The van der Waals surface area contributed by atoms with Crippen molar-refractivity contribution < 1.29 is 14.3 Å². The van der Waals surface area contributed by atoms with Gasteiger partial charge < -0.3 is 9.47 Å². The van der Waals surface area contributed by atoms with E-state index in [0.717, 1.165) is 5.56 Å².